The maximum atomic E-state index is 2.40. The average Bonchev–Trinajstić information content (AvgIpc) is 3.28. The van der Waals surface area contributed by atoms with Crippen molar-refractivity contribution in [3.63, 3.8) is 0 Å². The van der Waals surface area contributed by atoms with Crippen molar-refractivity contribution in [3.8, 4) is 33.4 Å². The molecule has 0 fully saturated rings. The van der Waals surface area contributed by atoms with Gasteiger partial charge in [0.1, 0.15) is 0 Å². The molecule has 6 aromatic carbocycles. The van der Waals surface area contributed by atoms with Gasteiger partial charge in [-0.2, -0.15) is 0 Å². The van der Waals surface area contributed by atoms with Crippen molar-refractivity contribution < 1.29 is 0 Å². The second kappa shape index (κ2) is 10.8. The van der Waals surface area contributed by atoms with Gasteiger partial charge in [0, 0.05) is 22.5 Å². The minimum absolute atomic E-state index is 0.00728. The summed E-state index contributed by atoms with van der Waals surface area (Å²) in [5, 5.41) is 1.47. The van der Waals surface area contributed by atoms with E-state index in [2.05, 4.69) is 184 Å². The SMILES string of the molecule is CC1(C)c2ccccc2-c2ccc(-c3ccc(N(c4ccc(-c5ccccc5)cc4)c4ccc([Si](C)(C)C)cc4)cc3)cc21. The highest BCUT2D eigenvalue weighted by Crippen LogP contribution is 2.49. The van der Waals surface area contributed by atoms with Crippen molar-refractivity contribution in [2.24, 2.45) is 0 Å². The maximum absolute atomic E-state index is 2.40. The lowest BCUT2D eigenvalue weighted by atomic mass is 9.81. The van der Waals surface area contributed by atoms with E-state index in [1.165, 1.54) is 55.4 Å². The Bertz CT molecular complexity index is 1930. The minimum atomic E-state index is -1.40. The Hall–Kier alpha value is -4.66. The Labute approximate surface area is 263 Å². The molecule has 0 aliphatic heterocycles. The molecule has 7 rings (SSSR count). The van der Waals surface area contributed by atoms with Gasteiger partial charge in [-0.25, -0.2) is 0 Å². The van der Waals surface area contributed by atoms with E-state index in [-0.39, 0.29) is 5.41 Å². The van der Waals surface area contributed by atoms with Crippen LogP contribution in [-0.4, -0.2) is 8.07 Å². The van der Waals surface area contributed by atoms with E-state index >= 15 is 0 Å². The van der Waals surface area contributed by atoms with Gasteiger partial charge < -0.3 is 4.90 Å². The summed E-state index contributed by atoms with van der Waals surface area (Å²) in [4.78, 5) is 2.37. The van der Waals surface area contributed by atoms with Crippen molar-refractivity contribution in [3.05, 3.63) is 157 Å². The van der Waals surface area contributed by atoms with Gasteiger partial charge in [0.15, 0.2) is 0 Å². The van der Waals surface area contributed by atoms with Crippen LogP contribution in [0, 0.1) is 0 Å². The van der Waals surface area contributed by atoms with E-state index < -0.39 is 8.07 Å². The molecule has 1 aliphatic carbocycles. The van der Waals surface area contributed by atoms with Crippen LogP contribution in [0.25, 0.3) is 33.4 Å². The van der Waals surface area contributed by atoms with Crippen molar-refractivity contribution in [2.75, 3.05) is 4.90 Å². The molecule has 0 unspecified atom stereocenters. The quantitative estimate of drug-likeness (QED) is 0.176. The third-order valence-corrected chi connectivity index (χ3v) is 11.3. The van der Waals surface area contributed by atoms with Gasteiger partial charge in [0.2, 0.25) is 0 Å². The predicted molar refractivity (Wildman–Crippen MR) is 193 cm³/mol. The summed E-state index contributed by atoms with van der Waals surface area (Å²) < 4.78 is 0. The first kappa shape index (κ1) is 28.1. The largest absolute Gasteiger partial charge is 0.311 e. The molecular weight excluding hydrogens is 547 g/mol. The summed E-state index contributed by atoms with van der Waals surface area (Å²) in [5.74, 6) is 0. The fourth-order valence-electron chi connectivity index (χ4n) is 6.68. The highest BCUT2D eigenvalue weighted by Gasteiger charge is 2.35. The number of nitrogens with zero attached hydrogens (tertiary/aromatic N) is 1. The molecule has 0 heterocycles. The van der Waals surface area contributed by atoms with Crippen LogP contribution >= 0.6 is 0 Å². The molecule has 0 bridgehead atoms. The summed E-state index contributed by atoms with van der Waals surface area (Å²) >= 11 is 0. The molecule has 0 aromatic heterocycles. The van der Waals surface area contributed by atoms with E-state index in [1.807, 2.05) is 0 Å². The molecule has 0 saturated heterocycles. The summed E-state index contributed by atoms with van der Waals surface area (Å²) in [6, 6.07) is 53.7. The van der Waals surface area contributed by atoms with Crippen molar-refractivity contribution in [2.45, 2.75) is 38.9 Å². The van der Waals surface area contributed by atoms with E-state index in [1.54, 1.807) is 0 Å². The monoisotopic (exact) mass is 585 g/mol. The summed E-state index contributed by atoms with van der Waals surface area (Å²) in [6.45, 7) is 11.9. The Morgan fingerprint density at radius 3 is 1.48 bits per heavy atom. The first-order valence-corrected chi connectivity index (χ1v) is 19.1. The number of rotatable bonds is 6. The zero-order chi connectivity index (χ0) is 30.5. The van der Waals surface area contributed by atoms with Crippen LogP contribution in [0.15, 0.2) is 146 Å². The molecule has 0 spiro atoms. The average molecular weight is 586 g/mol. The summed E-state index contributed by atoms with van der Waals surface area (Å²) in [5.41, 5.74) is 13.9. The van der Waals surface area contributed by atoms with Gasteiger partial charge >= 0.3 is 0 Å². The van der Waals surface area contributed by atoms with Crippen molar-refractivity contribution in [1.82, 2.24) is 0 Å². The second-order valence-electron chi connectivity index (χ2n) is 13.5. The highest BCUT2D eigenvalue weighted by molar-refractivity contribution is 6.88. The zero-order valence-electron chi connectivity index (χ0n) is 26.3. The first-order chi connectivity index (χ1) is 21.2. The lowest BCUT2D eigenvalue weighted by molar-refractivity contribution is 0.660. The molecule has 6 aromatic rings. The molecule has 1 nitrogen and oxygen atoms in total. The molecule has 0 N–H and O–H groups in total. The number of anilines is 3. The fourth-order valence-corrected chi connectivity index (χ4v) is 7.84. The third-order valence-electron chi connectivity index (χ3n) is 9.27. The van der Waals surface area contributed by atoms with Gasteiger partial charge in [-0.3, -0.25) is 0 Å². The van der Waals surface area contributed by atoms with Crippen molar-refractivity contribution >= 4 is 30.3 Å². The fraction of sp³-hybridized carbons (Fsp3) is 0.143. The Morgan fingerprint density at radius 2 is 0.886 bits per heavy atom. The van der Waals surface area contributed by atoms with Gasteiger partial charge in [0.25, 0.3) is 0 Å². The second-order valence-corrected chi connectivity index (χ2v) is 18.6. The lowest BCUT2D eigenvalue weighted by Crippen LogP contribution is -2.37. The van der Waals surface area contributed by atoms with E-state index in [4.69, 9.17) is 0 Å². The number of benzene rings is 6. The molecule has 0 atom stereocenters. The van der Waals surface area contributed by atoms with Gasteiger partial charge in [0.05, 0.1) is 8.07 Å². The normalized spacial score (nSPS) is 13.3. The molecule has 1 aliphatic rings. The highest BCUT2D eigenvalue weighted by atomic mass is 28.3. The lowest BCUT2D eigenvalue weighted by Gasteiger charge is -2.27. The van der Waals surface area contributed by atoms with Crippen LogP contribution in [0.2, 0.25) is 19.6 Å². The number of fused-ring (bicyclic) bond motifs is 3. The van der Waals surface area contributed by atoms with Crippen LogP contribution in [0.3, 0.4) is 0 Å². The van der Waals surface area contributed by atoms with Gasteiger partial charge in [-0.1, -0.05) is 142 Å². The van der Waals surface area contributed by atoms with Gasteiger partial charge in [-0.15, -0.1) is 0 Å². The molecule has 0 radical (unpaired) electrons. The molecule has 216 valence electrons. The van der Waals surface area contributed by atoms with Crippen LogP contribution in [-0.2, 0) is 5.41 Å². The number of hydrogen-bond acceptors (Lipinski definition) is 1. The maximum Gasteiger partial charge on any atom is 0.0775 e. The molecular formula is C42H39NSi. The third kappa shape index (κ3) is 5.00. The van der Waals surface area contributed by atoms with Crippen molar-refractivity contribution in [1.29, 1.82) is 0 Å². The van der Waals surface area contributed by atoms with E-state index in [9.17, 15) is 0 Å². The Kier molecular flexibility index (Phi) is 6.91. The first-order valence-electron chi connectivity index (χ1n) is 15.6. The predicted octanol–water partition coefficient (Wildman–Crippen LogP) is 11.3. The van der Waals surface area contributed by atoms with E-state index in [0.717, 1.165) is 11.4 Å². The van der Waals surface area contributed by atoms with E-state index in [0.29, 0.717) is 0 Å². The topological polar surface area (TPSA) is 3.24 Å². The minimum Gasteiger partial charge on any atom is -0.311 e. The number of hydrogen-bond donors (Lipinski definition) is 0. The van der Waals surface area contributed by atoms with Gasteiger partial charge in [-0.05, 0) is 87.0 Å². The molecule has 2 heteroatoms. The summed E-state index contributed by atoms with van der Waals surface area (Å²) in [6.07, 6.45) is 0. The zero-order valence-corrected chi connectivity index (χ0v) is 27.3. The Morgan fingerprint density at radius 1 is 0.432 bits per heavy atom. The standard InChI is InChI=1S/C42H39NSi/c1-42(2)40-14-10-9-13-38(40)39-28-19-33(29-41(39)42)32-17-22-35(23-18-32)43(36-24-26-37(27-25-36)44(3,4)5)34-20-15-31(16-21-34)30-11-7-6-8-12-30/h6-29H,1-5H3. The Balaban J connectivity index is 1.25. The molecule has 44 heavy (non-hydrogen) atoms. The molecule has 0 saturated carbocycles. The molecule has 0 amide bonds. The van der Waals surface area contributed by atoms with Crippen LogP contribution in [0.1, 0.15) is 25.0 Å². The van der Waals surface area contributed by atoms with Crippen LogP contribution in [0.5, 0.6) is 0 Å². The summed E-state index contributed by atoms with van der Waals surface area (Å²) in [7, 11) is -1.40. The van der Waals surface area contributed by atoms with Crippen LogP contribution < -0.4 is 10.1 Å². The van der Waals surface area contributed by atoms with Crippen LogP contribution in [0.4, 0.5) is 17.1 Å². The smallest absolute Gasteiger partial charge is 0.0775 e.